The summed E-state index contributed by atoms with van der Waals surface area (Å²) in [5.74, 6) is -0.176. The summed E-state index contributed by atoms with van der Waals surface area (Å²) in [5.41, 5.74) is 0.270. The minimum absolute atomic E-state index is 0.0702. The summed E-state index contributed by atoms with van der Waals surface area (Å²) in [7, 11) is 0. The Balaban J connectivity index is 1.79. The Morgan fingerprint density at radius 1 is 1.42 bits per heavy atom. The molecular weight excluding hydrogens is 267 g/mol. The number of piperidine rings is 1. The number of benzene rings is 1. The van der Waals surface area contributed by atoms with Crippen LogP contribution in [0.4, 0.5) is 4.39 Å². The Kier molecular flexibility index (Phi) is 3.46. The molecular formula is C14H16ClFN2O. The van der Waals surface area contributed by atoms with Crippen LogP contribution in [0.1, 0.15) is 23.2 Å². The third-order valence-electron chi connectivity index (χ3n) is 4.12. The molecule has 2 aliphatic heterocycles. The number of nitrogens with one attached hydrogen (secondary N) is 1. The van der Waals surface area contributed by atoms with E-state index in [2.05, 4.69) is 5.32 Å². The number of rotatable bonds is 1. The van der Waals surface area contributed by atoms with Crippen LogP contribution in [0.5, 0.6) is 0 Å². The first-order valence-electron chi connectivity index (χ1n) is 6.63. The number of hydrogen-bond acceptors (Lipinski definition) is 2. The highest BCUT2D eigenvalue weighted by Gasteiger charge is 2.35. The minimum Gasteiger partial charge on any atom is -0.338 e. The van der Waals surface area contributed by atoms with E-state index in [-0.39, 0.29) is 16.5 Å². The van der Waals surface area contributed by atoms with Crippen molar-refractivity contribution in [2.75, 3.05) is 19.6 Å². The van der Waals surface area contributed by atoms with E-state index in [1.165, 1.54) is 12.1 Å². The lowest BCUT2D eigenvalue weighted by molar-refractivity contribution is 0.0661. The Labute approximate surface area is 116 Å². The van der Waals surface area contributed by atoms with Gasteiger partial charge in [0.25, 0.3) is 5.91 Å². The van der Waals surface area contributed by atoms with E-state index in [0.717, 1.165) is 25.9 Å². The molecule has 1 N–H and O–H groups in total. The number of carbonyl (C=O) groups is 1. The number of halogens is 2. The lowest BCUT2D eigenvalue weighted by atomic mass is 9.93. The molecule has 2 heterocycles. The Hall–Kier alpha value is -1.13. The average Bonchev–Trinajstić information content (AvgIpc) is 2.88. The van der Waals surface area contributed by atoms with Gasteiger partial charge >= 0.3 is 0 Å². The normalized spacial score (nSPS) is 26.3. The fourth-order valence-corrected chi connectivity index (χ4v) is 3.28. The molecule has 3 nitrogen and oxygen atoms in total. The predicted molar refractivity (Wildman–Crippen MR) is 71.8 cm³/mol. The second-order valence-electron chi connectivity index (χ2n) is 5.25. The van der Waals surface area contributed by atoms with Gasteiger partial charge in [-0.25, -0.2) is 4.39 Å². The zero-order valence-corrected chi connectivity index (χ0v) is 11.3. The van der Waals surface area contributed by atoms with Crippen molar-refractivity contribution in [3.05, 3.63) is 34.6 Å². The monoisotopic (exact) mass is 282 g/mol. The van der Waals surface area contributed by atoms with Gasteiger partial charge in [0.15, 0.2) is 0 Å². The fourth-order valence-electron chi connectivity index (χ4n) is 3.07. The topological polar surface area (TPSA) is 32.3 Å². The van der Waals surface area contributed by atoms with E-state index in [1.54, 1.807) is 11.0 Å². The molecule has 102 valence electrons. The standard InChI is InChI=1S/C14H16ClFN2O/c15-13-10(2-1-3-11(13)16)14(19)18-7-5-12-9(8-18)4-6-17-12/h1-3,9,12,17H,4-8H2. The second-order valence-corrected chi connectivity index (χ2v) is 5.63. The maximum atomic E-state index is 13.4. The number of nitrogens with zero attached hydrogens (tertiary/aromatic N) is 1. The van der Waals surface area contributed by atoms with Gasteiger partial charge in [-0.05, 0) is 37.4 Å². The Bertz CT molecular complexity index is 508. The van der Waals surface area contributed by atoms with E-state index in [9.17, 15) is 9.18 Å². The summed E-state index contributed by atoms with van der Waals surface area (Å²) in [6.45, 7) is 2.47. The largest absolute Gasteiger partial charge is 0.338 e. The highest BCUT2D eigenvalue weighted by Crippen LogP contribution is 2.27. The maximum absolute atomic E-state index is 13.4. The van der Waals surface area contributed by atoms with Crippen LogP contribution < -0.4 is 5.32 Å². The van der Waals surface area contributed by atoms with Gasteiger partial charge in [-0.3, -0.25) is 4.79 Å². The molecule has 2 unspecified atom stereocenters. The molecule has 1 amide bonds. The van der Waals surface area contributed by atoms with Crippen LogP contribution in [0, 0.1) is 11.7 Å². The molecule has 1 aromatic carbocycles. The molecule has 0 saturated carbocycles. The third-order valence-corrected chi connectivity index (χ3v) is 4.51. The maximum Gasteiger partial charge on any atom is 0.255 e. The van der Waals surface area contributed by atoms with Crippen molar-refractivity contribution in [3.8, 4) is 0 Å². The van der Waals surface area contributed by atoms with E-state index in [0.29, 0.717) is 18.5 Å². The molecule has 0 spiro atoms. The minimum atomic E-state index is -0.537. The van der Waals surface area contributed by atoms with E-state index in [1.807, 2.05) is 0 Å². The molecule has 0 aliphatic carbocycles. The number of amides is 1. The first-order chi connectivity index (χ1) is 9.16. The Morgan fingerprint density at radius 3 is 3.11 bits per heavy atom. The van der Waals surface area contributed by atoms with Gasteiger partial charge in [-0.1, -0.05) is 17.7 Å². The lowest BCUT2D eigenvalue weighted by Gasteiger charge is -2.35. The van der Waals surface area contributed by atoms with Crippen molar-refractivity contribution in [2.24, 2.45) is 5.92 Å². The van der Waals surface area contributed by atoms with Gasteiger partial charge in [0.1, 0.15) is 5.82 Å². The molecule has 1 aromatic rings. The number of carbonyl (C=O) groups excluding carboxylic acids is 1. The summed E-state index contributed by atoms with van der Waals surface area (Å²) in [4.78, 5) is 14.2. The SMILES string of the molecule is O=C(c1cccc(F)c1Cl)N1CCC2NCCC2C1. The Morgan fingerprint density at radius 2 is 2.26 bits per heavy atom. The van der Waals surface area contributed by atoms with Gasteiger partial charge in [-0.2, -0.15) is 0 Å². The highest BCUT2D eigenvalue weighted by molar-refractivity contribution is 6.34. The molecule has 0 bridgehead atoms. The van der Waals surface area contributed by atoms with Crippen LogP contribution >= 0.6 is 11.6 Å². The molecule has 5 heteroatoms. The summed E-state index contributed by atoms with van der Waals surface area (Å²) in [6, 6.07) is 4.92. The quantitative estimate of drug-likeness (QED) is 0.857. The van der Waals surface area contributed by atoms with Crippen molar-refractivity contribution in [1.82, 2.24) is 10.2 Å². The summed E-state index contributed by atoms with van der Waals surface area (Å²) >= 11 is 5.88. The zero-order valence-electron chi connectivity index (χ0n) is 10.5. The molecule has 19 heavy (non-hydrogen) atoms. The average molecular weight is 283 g/mol. The van der Waals surface area contributed by atoms with Gasteiger partial charge in [0.05, 0.1) is 10.6 Å². The third kappa shape index (κ3) is 2.35. The molecule has 2 aliphatic rings. The van der Waals surface area contributed by atoms with Crippen LogP contribution in [0.15, 0.2) is 18.2 Å². The molecule has 2 atom stereocenters. The predicted octanol–water partition coefficient (Wildman–Crippen LogP) is 2.30. The number of likely N-dealkylation sites (tertiary alicyclic amines) is 1. The molecule has 2 fully saturated rings. The van der Waals surface area contributed by atoms with Crippen LogP contribution in [0.3, 0.4) is 0 Å². The highest BCUT2D eigenvalue weighted by atomic mass is 35.5. The van der Waals surface area contributed by atoms with Gasteiger partial charge in [-0.15, -0.1) is 0 Å². The zero-order chi connectivity index (χ0) is 13.4. The first-order valence-corrected chi connectivity index (χ1v) is 7.01. The molecule has 0 radical (unpaired) electrons. The van der Waals surface area contributed by atoms with E-state index >= 15 is 0 Å². The van der Waals surface area contributed by atoms with Crippen LogP contribution in [-0.4, -0.2) is 36.5 Å². The van der Waals surface area contributed by atoms with Crippen molar-refractivity contribution in [1.29, 1.82) is 0 Å². The summed E-state index contributed by atoms with van der Waals surface area (Å²) in [6.07, 6.45) is 2.06. The van der Waals surface area contributed by atoms with E-state index in [4.69, 9.17) is 11.6 Å². The van der Waals surface area contributed by atoms with Gasteiger partial charge < -0.3 is 10.2 Å². The van der Waals surface area contributed by atoms with Crippen molar-refractivity contribution in [3.63, 3.8) is 0 Å². The van der Waals surface area contributed by atoms with E-state index < -0.39 is 5.82 Å². The lowest BCUT2D eigenvalue weighted by Crippen LogP contribution is -2.46. The fraction of sp³-hybridized carbons (Fsp3) is 0.500. The van der Waals surface area contributed by atoms with Crippen molar-refractivity contribution in [2.45, 2.75) is 18.9 Å². The first kappa shape index (κ1) is 12.9. The van der Waals surface area contributed by atoms with Crippen LogP contribution in [0.2, 0.25) is 5.02 Å². The number of fused-ring (bicyclic) bond motifs is 1. The van der Waals surface area contributed by atoms with Gasteiger partial charge in [0.2, 0.25) is 0 Å². The summed E-state index contributed by atoms with van der Waals surface area (Å²) in [5, 5.41) is 3.38. The van der Waals surface area contributed by atoms with Crippen molar-refractivity contribution >= 4 is 17.5 Å². The van der Waals surface area contributed by atoms with Crippen molar-refractivity contribution < 1.29 is 9.18 Å². The summed E-state index contributed by atoms with van der Waals surface area (Å²) < 4.78 is 13.4. The molecule has 2 saturated heterocycles. The number of hydrogen-bond donors (Lipinski definition) is 1. The molecule has 3 rings (SSSR count). The van der Waals surface area contributed by atoms with Crippen LogP contribution in [0.25, 0.3) is 0 Å². The molecule has 0 aromatic heterocycles. The smallest absolute Gasteiger partial charge is 0.255 e. The van der Waals surface area contributed by atoms with Crippen LogP contribution in [-0.2, 0) is 0 Å². The van der Waals surface area contributed by atoms with Gasteiger partial charge in [0, 0.05) is 19.1 Å². The second kappa shape index (κ2) is 5.10.